The molecule has 7 nitrogen and oxygen atoms in total. The van der Waals surface area contributed by atoms with Crippen LogP contribution in [0.4, 0.5) is 5.69 Å². The minimum atomic E-state index is -0.863. The molecule has 1 aliphatic rings. The molecule has 0 aliphatic carbocycles. The van der Waals surface area contributed by atoms with Gasteiger partial charge in [0.25, 0.3) is 5.78 Å². The molecule has 0 radical (unpaired) electrons. The number of ether oxygens (including phenoxy) is 1. The lowest BCUT2D eigenvalue weighted by Crippen LogP contribution is -2.48. The zero-order valence-electron chi connectivity index (χ0n) is 14.8. The van der Waals surface area contributed by atoms with Crippen molar-refractivity contribution >= 4 is 39.1 Å². The third kappa shape index (κ3) is 4.23. The minimum Gasteiger partial charge on any atom is -0.460 e. The van der Waals surface area contributed by atoms with Crippen LogP contribution in [0.2, 0.25) is 0 Å². The summed E-state index contributed by atoms with van der Waals surface area (Å²) < 4.78 is 5.67. The molecule has 0 spiro atoms. The van der Waals surface area contributed by atoms with E-state index in [9.17, 15) is 9.59 Å². The molecule has 0 fully saturated rings. The van der Waals surface area contributed by atoms with Crippen molar-refractivity contribution in [3.05, 3.63) is 58.3 Å². The first-order valence-electron chi connectivity index (χ1n) is 8.49. The first kappa shape index (κ1) is 19.2. The van der Waals surface area contributed by atoms with Gasteiger partial charge in [0.05, 0.1) is 37.3 Å². The van der Waals surface area contributed by atoms with Crippen LogP contribution in [0.1, 0.15) is 18.2 Å². The molecule has 1 aromatic heterocycles. The van der Waals surface area contributed by atoms with Crippen molar-refractivity contribution in [3.63, 3.8) is 0 Å². The van der Waals surface area contributed by atoms with E-state index in [1.165, 1.54) is 0 Å². The number of aromatic nitrogens is 1. The van der Waals surface area contributed by atoms with Gasteiger partial charge >= 0.3 is 5.97 Å². The molecule has 1 atom stereocenters. The Balaban J connectivity index is 2.02. The van der Waals surface area contributed by atoms with Gasteiger partial charge in [0.2, 0.25) is 0 Å². The number of rotatable bonds is 5. The van der Waals surface area contributed by atoms with Crippen LogP contribution in [0.3, 0.4) is 0 Å². The molecule has 1 aliphatic heterocycles. The second-order valence-corrected chi connectivity index (χ2v) is 6.82. The molecule has 0 saturated heterocycles. The van der Waals surface area contributed by atoms with Gasteiger partial charge in [-0.2, -0.15) is 0 Å². The number of hydrogen-bond donors (Lipinski definition) is 1. The summed E-state index contributed by atoms with van der Waals surface area (Å²) in [7, 11) is 0. The van der Waals surface area contributed by atoms with E-state index in [4.69, 9.17) is 10.5 Å². The average Bonchev–Trinajstić information content (AvgIpc) is 2.79. The van der Waals surface area contributed by atoms with Gasteiger partial charge in [-0.3, -0.25) is 14.8 Å². The maximum absolute atomic E-state index is 12.3. The predicted octanol–water partition coefficient (Wildman–Crippen LogP) is 1.92. The number of pyridine rings is 1. The average molecular weight is 431 g/mol. The SMILES string of the molecule is CCOC(=O)C(=O)CN1c2ccc(Br)cc2C(c2ccccn2)=NCC1N. The minimum absolute atomic E-state index is 0.146. The zero-order chi connectivity index (χ0) is 19.4. The van der Waals surface area contributed by atoms with Crippen molar-refractivity contribution in [3.8, 4) is 0 Å². The first-order chi connectivity index (χ1) is 13.0. The summed E-state index contributed by atoms with van der Waals surface area (Å²) in [4.78, 5) is 34.7. The molecule has 0 amide bonds. The highest BCUT2D eigenvalue weighted by Crippen LogP contribution is 2.30. The Bertz CT molecular complexity index is 886. The van der Waals surface area contributed by atoms with Crippen molar-refractivity contribution in [1.29, 1.82) is 0 Å². The third-order valence-corrected chi connectivity index (χ3v) is 4.58. The molecule has 1 aromatic carbocycles. The van der Waals surface area contributed by atoms with Crippen LogP contribution in [-0.4, -0.2) is 48.3 Å². The van der Waals surface area contributed by atoms with Crippen molar-refractivity contribution in [2.75, 3.05) is 24.6 Å². The van der Waals surface area contributed by atoms with Crippen LogP contribution in [0.5, 0.6) is 0 Å². The maximum atomic E-state index is 12.3. The zero-order valence-corrected chi connectivity index (χ0v) is 16.3. The summed E-state index contributed by atoms with van der Waals surface area (Å²) >= 11 is 3.48. The quantitative estimate of drug-likeness (QED) is 0.574. The van der Waals surface area contributed by atoms with Gasteiger partial charge in [0.15, 0.2) is 0 Å². The molecule has 2 heterocycles. The normalized spacial score (nSPS) is 16.2. The van der Waals surface area contributed by atoms with Crippen LogP contribution in [0.15, 0.2) is 52.1 Å². The van der Waals surface area contributed by atoms with Crippen LogP contribution >= 0.6 is 15.9 Å². The predicted molar refractivity (Wildman–Crippen MR) is 106 cm³/mol. The molecule has 2 aromatic rings. The third-order valence-electron chi connectivity index (χ3n) is 4.08. The standard InChI is InChI=1S/C19H19BrN4O3/c1-2-27-19(26)16(25)11-24-15-7-6-12(20)9-13(15)18(23-10-17(24)21)14-5-3-4-8-22-14/h3-9,17H,2,10-11,21H2,1H3. The van der Waals surface area contributed by atoms with E-state index in [-0.39, 0.29) is 19.7 Å². The number of esters is 1. The summed E-state index contributed by atoms with van der Waals surface area (Å²) in [5, 5.41) is 0. The van der Waals surface area contributed by atoms with Crippen LogP contribution in [0.25, 0.3) is 0 Å². The lowest BCUT2D eigenvalue weighted by atomic mass is 10.0. The Labute approximate surface area is 165 Å². The fourth-order valence-electron chi connectivity index (χ4n) is 2.85. The monoisotopic (exact) mass is 430 g/mol. The van der Waals surface area contributed by atoms with E-state index in [1.54, 1.807) is 18.0 Å². The number of aliphatic imine (C=N–C) groups is 1. The second-order valence-electron chi connectivity index (χ2n) is 5.90. The number of ketones is 1. The molecule has 0 bridgehead atoms. The summed E-state index contributed by atoms with van der Waals surface area (Å²) in [6.45, 7) is 1.88. The summed E-state index contributed by atoms with van der Waals surface area (Å²) in [6.07, 6.45) is 1.13. The fourth-order valence-corrected chi connectivity index (χ4v) is 3.21. The topological polar surface area (TPSA) is 97.9 Å². The number of carbonyl (C=O) groups is 2. The largest absolute Gasteiger partial charge is 0.460 e. The van der Waals surface area contributed by atoms with E-state index in [0.29, 0.717) is 17.1 Å². The Morgan fingerprint density at radius 1 is 1.33 bits per heavy atom. The van der Waals surface area contributed by atoms with Gasteiger partial charge in [0.1, 0.15) is 0 Å². The lowest BCUT2D eigenvalue weighted by molar-refractivity contribution is -0.152. The number of carbonyl (C=O) groups excluding carboxylic acids is 2. The van der Waals surface area contributed by atoms with Gasteiger partial charge in [0, 0.05) is 21.9 Å². The van der Waals surface area contributed by atoms with E-state index in [0.717, 1.165) is 10.0 Å². The lowest BCUT2D eigenvalue weighted by Gasteiger charge is -2.29. The summed E-state index contributed by atoms with van der Waals surface area (Å²) in [5.41, 5.74) is 9.17. The maximum Gasteiger partial charge on any atom is 0.376 e. The smallest absolute Gasteiger partial charge is 0.376 e. The number of fused-ring (bicyclic) bond motifs is 1. The Hall–Kier alpha value is -2.58. The van der Waals surface area contributed by atoms with Crippen LogP contribution in [0, 0.1) is 0 Å². The van der Waals surface area contributed by atoms with Gasteiger partial charge in [-0.25, -0.2) is 4.79 Å². The molecule has 0 saturated carbocycles. The number of benzodiazepines with no additional fused rings is 1. The van der Waals surface area contributed by atoms with Crippen molar-refractivity contribution in [2.24, 2.45) is 10.7 Å². The van der Waals surface area contributed by atoms with Crippen molar-refractivity contribution in [2.45, 2.75) is 13.1 Å². The number of hydrogen-bond acceptors (Lipinski definition) is 7. The Morgan fingerprint density at radius 3 is 2.85 bits per heavy atom. The van der Waals surface area contributed by atoms with E-state index < -0.39 is 17.9 Å². The van der Waals surface area contributed by atoms with Crippen molar-refractivity contribution < 1.29 is 14.3 Å². The Morgan fingerprint density at radius 2 is 2.15 bits per heavy atom. The number of anilines is 1. The highest BCUT2D eigenvalue weighted by Gasteiger charge is 2.29. The number of nitrogens with two attached hydrogens (primary N) is 1. The molecule has 1 unspecified atom stereocenters. The molecule has 2 N–H and O–H groups in total. The highest BCUT2D eigenvalue weighted by atomic mass is 79.9. The Kier molecular flexibility index (Phi) is 5.98. The van der Waals surface area contributed by atoms with E-state index >= 15 is 0 Å². The van der Waals surface area contributed by atoms with E-state index in [2.05, 4.69) is 25.9 Å². The number of halogens is 1. The molecule has 27 heavy (non-hydrogen) atoms. The number of Topliss-reactive ketones (excluding diaryl/α,β-unsaturated/α-hetero) is 1. The molecular weight excluding hydrogens is 412 g/mol. The number of nitrogens with zero attached hydrogens (tertiary/aromatic N) is 3. The molecule has 3 rings (SSSR count). The molecular formula is C19H19BrN4O3. The van der Waals surface area contributed by atoms with Crippen molar-refractivity contribution in [1.82, 2.24) is 4.98 Å². The highest BCUT2D eigenvalue weighted by molar-refractivity contribution is 9.10. The summed E-state index contributed by atoms with van der Waals surface area (Å²) in [6, 6.07) is 11.2. The fraction of sp³-hybridized carbons (Fsp3) is 0.263. The second kappa shape index (κ2) is 8.41. The number of benzene rings is 1. The summed E-state index contributed by atoms with van der Waals surface area (Å²) in [5.74, 6) is -1.51. The van der Waals surface area contributed by atoms with Gasteiger partial charge < -0.3 is 15.4 Å². The van der Waals surface area contributed by atoms with Gasteiger partial charge in [-0.15, -0.1) is 0 Å². The van der Waals surface area contributed by atoms with Gasteiger partial charge in [-0.05, 0) is 37.3 Å². The van der Waals surface area contributed by atoms with Crippen LogP contribution in [-0.2, 0) is 14.3 Å². The van der Waals surface area contributed by atoms with Gasteiger partial charge in [-0.1, -0.05) is 22.0 Å². The molecule has 140 valence electrons. The molecule has 8 heteroatoms. The first-order valence-corrected chi connectivity index (χ1v) is 9.28. The van der Waals surface area contributed by atoms with Crippen LogP contribution < -0.4 is 10.6 Å². The van der Waals surface area contributed by atoms with E-state index in [1.807, 2.05) is 36.4 Å².